The number of hydrogen-bond acceptors (Lipinski definition) is 4. The van der Waals surface area contributed by atoms with Crippen LogP contribution in [0.5, 0.6) is 11.5 Å². The molecule has 3 aromatic rings. The Morgan fingerprint density at radius 3 is 2.00 bits per heavy atom. The van der Waals surface area contributed by atoms with Gasteiger partial charge in [0.05, 0.1) is 4.90 Å². The van der Waals surface area contributed by atoms with Crippen LogP contribution in [0.2, 0.25) is 0 Å². The maximum atomic E-state index is 12.3. The second-order valence-corrected chi connectivity index (χ2v) is 8.65. The van der Waals surface area contributed by atoms with Gasteiger partial charge in [-0.3, -0.25) is 4.79 Å². The fourth-order valence-corrected chi connectivity index (χ4v) is 3.44. The highest BCUT2D eigenvalue weighted by atomic mass is 32.2. The van der Waals surface area contributed by atoms with Gasteiger partial charge in [0.25, 0.3) is 0 Å². The normalized spacial score (nSPS) is 11.7. The van der Waals surface area contributed by atoms with Gasteiger partial charge in [-0.2, -0.15) is 0 Å². The molecule has 0 aliphatic carbocycles. The number of carbonyl (C=O) groups excluding carboxylic acids is 1. The van der Waals surface area contributed by atoms with E-state index in [4.69, 9.17) is 4.74 Å². The van der Waals surface area contributed by atoms with Gasteiger partial charge in [-0.25, -0.2) is 12.7 Å². The summed E-state index contributed by atoms with van der Waals surface area (Å²) >= 11 is 0. The Hall–Kier alpha value is -3.22. The molecule has 0 heterocycles. The van der Waals surface area contributed by atoms with Gasteiger partial charge in [-0.05, 0) is 60.2 Å². The Balaban J connectivity index is 1.66. The maximum absolute atomic E-state index is 12.3. The molecule has 0 atom stereocenters. The van der Waals surface area contributed by atoms with Crippen molar-refractivity contribution in [1.82, 2.24) is 4.31 Å². The lowest BCUT2D eigenvalue weighted by Gasteiger charge is -2.11. The number of ether oxygens (including phenoxy) is 1. The number of sulfonamides is 1. The van der Waals surface area contributed by atoms with E-state index in [9.17, 15) is 13.2 Å². The van der Waals surface area contributed by atoms with Gasteiger partial charge < -0.3 is 4.74 Å². The predicted octanol–water partition coefficient (Wildman–Crippen LogP) is 4.63. The molecular formula is C23H21NO4S. The van der Waals surface area contributed by atoms with Gasteiger partial charge in [0.1, 0.15) is 11.5 Å². The largest absolute Gasteiger partial charge is 0.457 e. The third-order valence-corrected chi connectivity index (χ3v) is 6.03. The lowest BCUT2D eigenvalue weighted by Crippen LogP contribution is -2.22. The molecule has 3 aromatic carbocycles. The van der Waals surface area contributed by atoms with Crippen LogP contribution in [0.15, 0.2) is 89.8 Å². The van der Waals surface area contributed by atoms with Crippen molar-refractivity contribution in [3.63, 3.8) is 0 Å². The molecule has 0 amide bonds. The Kier molecular flexibility index (Phi) is 6.26. The van der Waals surface area contributed by atoms with E-state index in [1.807, 2.05) is 54.6 Å². The molecule has 0 bridgehead atoms. The topological polar surface area (TPSA) is 63.7 Å². The number of hydrogen-bond donors (Lipinski definition) is 0. The summed E-state index contributed by atoms with van der Waals surface area (Å²) in [7, 11) is -0.578. The van der Waals surface area contributed by atoms with E-state index in [1.54, 1.807) is 6.08 Å². The zero-order valence-electron chi connectivity index (χ0n) is 16.1. The smallest absolute Gasteiger partial charge is 0.242 e. The van der Waals surface area contributed by atoms with Gasteiger partial charge in [0, 0.05) is 19.7 Å². The molecule has 148 valence electrons. The number of allylic oxidation sites excluding steroid dienone is 1. The number of para-hydroxylation sites is 1. The summed E-state index contributed by atoms with van der Waals surface area (Å²) in [5.74, 6) is 1.26. The van der Waals surface area contributed by atoms with Crippen LogP contribution in [0.4, 0.5) is 0 Å². The molecule has 0 unspecified atom stereocenters. The summed E-state index contributed by atoms with van der Waals surface area (Å²) in [6.45, 7) is 0. The average molecular weight is 407 g/mol. The summed E-state index contributed by atoms with van der Waals surface area (Å²) in [5.41, 5.74) is 1.27. The molecule has 5 nitrogen and oxygen atoms in total. The molecule has 0 N–H and O–H groups in total. The van der Waals surface area contributed by atoms with Crippen LogP contribution in [0, 0.1) is 0 Å². The SMILES string of the molecule is CN(C)S(=O)(=O)c1ccc(C(=O)C=Cc2ccc(Oc3ccccc3)cc2)cc1. The fourth-order valence-electron chi connectivity index (χ4n) is 2.54. The van der Waals surface area contributed by atoms with Crippen LogP contribution < -0.4 is 4.74 Å². The van der Waals surface area contributed by atoms with Gasteiger partial charge in [-0.15, -0.1) is 0 Å². The van der Waals surface area contributed by atoms with Gasteiger partial charge in [0.2, 0.25) is 10.0 Å². The molecule has 0 saturated heterocycles. The van der Waals surface area contributed by atoms with Crippen molar-refractivity contribution in [1.29, 1.82) is 0 Å². The molecule has 6 heteroatoms. The van der Waals surface area contributed by atoms with E-state index in [1.165, 1.54) is 44.4 Å². The predicted molar refractivity (Wildman–Crippen MR) is 114 cm³/mol. The number of rotatable bonds is 7. The highest BCUT2D eigenvalue weighted by molar-refractivity contribution is 7.89. The summed E-state index contributed by atoms with van der Waals surface area (Å²) in [6, 6.07) is 22.8. The second kappa shape index (κ2) is 8.86. The average Bonchev–Trinajstić information content (AvgIpc) is 2.74. The molecule has 0 spiro atoms. The van der Waals surface area contributed by atoms with Crippen LogP contribution in [-0.4, -0.2) is 32.6 Å². The summed E-state index contributed by atoms with van der Waals surface area (Å²) in [4.78, 5) is 12.5. The third-order valence-electron chi connectivity index (χ3n) is 4.20. The monoisotopic (exact) mass is 407 g/mol. The summed E-state index contributed by atoms with van der Waals surface area (Å²) in [6.07, 6.45) is 3.17. The lowest BCUT2D eigenvalue weighted by molar-refractivity contribution is 0.104. The third kappa shape index (κ3) is 5.19. The van der Waals surface area contributed by atoms with E-state index in [0.717, 1.165) is 15.6 Å². The van der Waals surface area contributed by atoms with Crippen LogP contribution in [0.1, 0.15) is 15.9 Å². The van der Waals surface area contributed by atoms with E-state index < -0.39 is 10.0 Å². The Bertz CT molecular complexity index is 1100. The molecule has 0 aliphatic rings. The number of carbonyl (C=O) groups is 1. The van der Waals surface area contributed by atoms with Crippen LogP contribution in [0.3, 0.4) is 0 Å². The molecule has 29 heavy (non-hydrogen) atoms. The van der Waals surface area contributed by atoms with Crippen molar-refractivity contribution in [2.45, 2.75) is 4.90 Å². The van der Waals surface area contributed by atoms with Crippen molar-refractivity contribution in [3.05, 3.63) is 96.1 Å². The number of ketones is 1. The second-order valence-electron chi connectivity index (χ2n) is 6.49. The van der Waals surface area contributed by atoms with E-state index in [-0.39, 0.29) is 10.7 Å². The summed E-state index contributed by atoms with van der Waals surface area (Å²) < 4.78 is 31.0. The molecule has 0 aliphatic heterocycles. The van der Waals surface area contributed by atoms with Gasteiger partial charge >= 0.3 is 0 Å². The van der Waals surface area contributed by atoms with Gasteiger partial charge in [-0.1, -0.05) is 36.4 Å². The first-order valence-corrected chi connectivity index (χ1v) is 10.4. The van der Waals surface area contributed by atoms with Crippen molar-refractivity contribution < 1.29 is 17.9 Å². The first-order chi connectivity index (χ1) is 13.9. The Morgan fingerprint density at radius 2 is 1.41 bits per heavy atom. The minimum absolute atomic E-state index is 0.150. The first-order valence-electron chi connectivity index (χ1n) is 8.94. The van der Waals surface area contributed by atoms with Crippen molar-refractivity contribution in [2.75, 3.05) is 14.1 Å². The summed E-state index contributed by atoms with van der Waals surface area (Å²) in [5, 5.41) is 0. The Labute approximate surface area is 170 Å². The molecular weight excluding hydrogens is 386 g/mol. The molecule has 0 fully saturated rings. The highest BCUT2D eigenvalue weighted by Gasteiger charge is 2.17. The van der Waals surface area contributed by atoms with E-state index in [2.05, 4.69) is 0 Å². The number of benzene rings is 3. The standard InChI is InChI=1S/C23H21NO4S/c1-24(2)29(26,27)22-15-11-19(12-16-22)23(25)17-10-18-8-13-21(14-9-18)28-20-6-4-3-5-7-20/h3-17H,1-2H3. The molecule has 0 saturated carbocycles. The van der Waals surface area contributed by atoms with Crippen LogP contribution >= 0.6 is 0 Å². The Morgan fingerprint density at radius 1 is 0.828 bits per heavy atom. The number of nitrogens with zero attached hydrogens (tertiary/aromatic N) is 1. The van der Waals surface area contributed by atoms with E-state index in [0.29, 0.717) is 11.3 Å². The molecule has 3 rings (SSSR count). The highest BCUT2D eigenvalue weighted by Crippen LogP contribution is 2.21. The zero-order chi connectivity index (χ0) is 20.9. The van der Waals surface area contributed by atoms with Gasteiger partial charge in [0.15, 0.2) is 5.78 Å². The minimum Gasteiger partial charge on any atom is -0.457 e. The minimum atomic E-state index is -3.51. The van der Waals surface area contributed by atoms with Crippen LogP contribution in [-0.2, 0) is 10.0 Å². The van der Waals surface area contributed by atoms with Crippen molar-refractivity contribution in [3.8, 4) is 11.5 Å². The quantitative estimate of drug-likeness (QED) is 0.423. The maximum Gasteiger partial charge on any atom is 0.242 e. The van der Waals surface area contributed by atoms with Crippen LogP contribution in [0.25, 0.3) is 6.08 Å². The zero-order valence-corrected chi connectivity index (χ0v) is 17.0. The molecule has 0 aromatic heterocycles. The molecule has 0 radical (unpaired) electrons. The lowest BCUT2D eigenvalue weighted by atomic mass is 10.1. The fraction of sp³-hybridized carbons (Fsp3) is 0.0870. The van der Waals surface area contributed by atoms with Crippen molar-refractivity contribution >= 4 is 21.9 Å². The van der Waals surface area contributed by atoms with E-state index >= 15 is 0 Å². The van der Waals surface area contributed by atoms with Crippen molar-refractivity contribution in [2.24, 2.45) is 0 Å². The first kappa shape index (κ1) is 20.5.